The van der Waals surface area contributed by atoms with Crippen molar-refractivity contribution in [2.75, 3.05) is 19.7 Å². The largest absolute Gasteiger partial charge is 0.487 e. The van der Waals surface area contributed by atoms with Gasteiger partial charge in [0, 0.05) is 0 Å². The molecule has 0 unspecified atom stereocenters. The maximum Gasteiger partial charge on any atom is 0.137 e. The van der Waals surface area contributed by atoms with Crippen molar-refractivity contribution in [3.05, 3.63) is 42.0 Å². The van der Waals surface area contributed by atoms with E-state index in [0.29, 0.717) is 5.92 Å². The second kappa shape index (κ2) is 7.13. The summed E-state index contributed by atoms with van der Waals surface area (Å²) in [6.45, 7) is 12.8. The fourth-order valence-electron chi connectivity index (χ4n) is 1.62. The van der Waals surface area contributed by atoms with Gasteiger partial charge in [-0.15, -0.1) is 0 Å². The quantitative estimate of drug-likeness (QED) is 0.568. The predicted molar refractivity (Wildman–Crippen MR) is 72.6 cm³/mol. The Labute approximate surface area is 105 Å². The standard InChI is InChI=1S/C15H23NO/c1-5-8-16-9-10-17-15-11-14(12(2)3)7-6-13(15)4/h5-7,11-12,16H,1,8-10H2,2-4H3/p+1. The summed E-state index contributed by atoms with van der Waals surface area (Å²) in [6, 6.07) is 6.47. The molecule has 2 N–H and O–H groups in total. The molecule has 0 heterocycles. The average molecular weight is 234 g/mol. The van der Waals surface area contributed by atoms with Crippen molar-refractivity contribution in [2.45, 2.75) is 26.7 Å². The Bertz CT molecular complexity index is 358. The number of quaternary nitrogens is 1. The third-order valence-electron chi connectivity index (χ3n) is 2.79. The molecule has 0 fully saturated rings. The molecule has 1 aromatic rings. The van der Waals surface area contributed by atoms with Gasteiger partial charge in [-0.1, -0.05) is 32.6 Å². The predicted octanol–water partition coefficient (Wildman–Crippen LogP) is 2.25. The molecule has 0 bridgehead atoms. The zero-order valence-electron chi connectivity index (χ0n) is 11.2. The molecule has 1 rings (SSSR count). The number of hydrogen-bond donors (Lipinski definition) is 1. The molecule has 0 aliphatic rings. The topological polar surface area (TPSA) is 25.8 Å². The Morgan fingerprint density at radius 3 is 2.82 bits per heavy atom. The lowest BCUT2D eigenvalue weighted by molar-refractivity contribution is -0.646. The van der Waals surface area contributed by atoms with Crippen molar-refractivity contribution in [1.82, 2.24) is 0 Å². The van der Waals surface area contributed by atoms with E-state index in [1.165, 1.54) is 11.1 Å². The fraction of sp³-hybridized carbons (Fsp3) is 0.467. The smallest absolute Gasteiger partial charge is 0.137 e. The number of aryl methyl sites for hydroxylation is 1. The number of hydrogen-bond acceptors (Lipinski definition) is 1. The first-order chi connectivity index (χ1) is 8.15. The normalized spacial score (nSPS) is 10.6. The van der Waals surface area contributed by atoms with Crippen LogP contribution in [0.5, 0.6) is 5.75 Å². The third-order valence-corrected chi connectivity index (χ3v) is 2.79. The van der Waals surface area contributed by atoms with Crippen molar-refractivity contribution in [2.24, 2.45) is 0 Å². The van der Waals surface area contributed by atoms with E-state index >= 15 is 0 Å². The molecule has 0 spiro atoms. The average Bonchev–Trinajstić information content (AvgIpc) is 2.30. The molecule has 2 nitrogen and oxygen atoms in total. The lowest BCUT2D eigenvalue weighted by Crippen LogP contribution is -2.85. The monoisotopic (exact) mass is 234 g/mol. The van der Waals surface area contributed by atoms with Crippen molar-refractivity contribution in [3.63, 3.8) is 0 Å². The number of benzene rings is 1. The first-order valence-electron chi connectivity index (χ1n) is 6.31. The van der Waals surface area contributed by atoms with Gasteiger partial charge in [0.05, 0.1) is 6.54 Å². The van der Waals surface area contributed by atoms with Crippen LogP contribution >= 0.6 is 0 Å². The number of rotatable bonds is 7. The van der Waals surface area contributed by atoms with E-state index < -0.39 is 0 Å². The molecule has 0 amide bonds. The van der Waals surface area contributed by atoms with Crippen LogP contribution in [0.1, 0.15) is 30.9 Å². The molecular weight excluding hydrogens is 210 g/mol. The molecule has 0 radical (unpaired) electrons. The summed E-state index contributed by atoms with van der Waals surface area (Å²) in [6.07, 6.45) is 1.91. The molecular formula is C15H24NO+. The van der Waals surface area contributed by atoms with Crippen molar-refractivity contribution >= 4 is 0 Å². The molecule has 94 valence electrons. The Balaban J connectivity index is 2.51. The Morgan fingerprint density at radius 1 is 1.41 bits per heavy atom. The number of ether oxygens (including phenoxy) is 1. The first kappa shape index (κ1) is 13.8. The zero-order valence-corrected chi connectivity index (χ0v) is 11.2. The highest BCUT2D eigenvalue weighted by molar-refractivity contribution is 5.37. The van der Waals surface area contributed by atoms with Crippen LogP contribution in [0, 0.1) is 6.92 Å². The summed E-state index contributed by atoms with van der Waals surface area (Å²) in [4.78, 5) is 0. The van der Waals surface area contributed by atoms with Gasteiger partial charge in [0.15, 0.2) is 0 Å². The van der Waals surface area contributed by atoms with Crippen LogP contribution in [-0.4, -0.2) is 19.7 Å². The van der Waals surface area contributed by atoms with Crippen LogP contribution in [-0.2, 0) is 0 Å². The van der Waals surface area contributed by atoms with Crippen LogP contribution in [0.25, 0.3) is 0 Å². The lowest BCUT2D eigenvalue weighted by atomic mass is 10.0. The second-order valence-electron chi connectivity index (χ2n) is 4.63. The van der Waals surface area contributed by atoms with Gasteiger partial charge in [-0.25, -0.2) is 0 Å². The van der Waals surface area contributed by atoms with E-state index in [0.717, 1.165) is 25.4 Å². The Hall–Kier alpha value is -1.28. The summed E-state index contributed by atoms with van der Waals surface area (Å²) in [5.74, 6) is 1.56. The van der Waals surface area contributed by atoms with Crippen molar-refractivity contribution in [3.8, 4) is 5.75 Å². The minimum absolute atomic E-state index is 0.547. The summed E-state index contributed by atoms with van der Waals surface area (Å²) in [5, 5.41) is 2.19. The molecule has 0 aliphatic carbocycles. The van der Waals surface area contributed by atoms with Crippen molar-refractivity contribution < 1.29 is 10.1 Å². The molecule has 0 aromatic heterocycles. The van der Waals surface area contributed by atoms with E-state index in [4.69, 9.17) is 4.74 Å². The molecule has 2 heteroatoms. The Morgan fingerprint density at radius 2 is 2.18 bits per heavy atom. The summed E-state index contributed by atoms with van der Waals surface area (Å²) in [5.41, 5.74) is 2.54. The third kappa shape index (κ3) is 4.61. The van der Waals surface area contributed by atoms with Crippen LogP contribution in [0.2, 0.25) is 0 Å². The van der Waals surface area contributed by atoms with Gasteiger partial charge >= 0.3 is 0 Å². The number of nitrogens with two attached hydrogens (primary N) is 1. The van der Waals surface area contributed by atoms with Crippen LogP contribution in [0.4, 0.5) is 0 Å². The second-order valence-corrected chi connectivity index (χ2v) is 4.63. The van der Waals surface area contributed by atoms with Gasteiger partial charge in [-0.05, 0) is 36.1 Å². The van der Waals surface area contributed by atoms with E-state index in [-0.39, 0.29) is 0 Å². The minimum atomic E-state index is 0.547. The van der Waals surface area contributed by atoms with Gasteiger partial charge in [0.2, 0.25) is 0 Å². The molecule has 0 aliphatic heterocycles. The van der Waals surface area contributed by atoms with Crippen LogP contribution < -0.4 is 10.1 Å². The van der Waals surface area contributed by atoms with Crippen LogP contribution in [0.15, 0.2) is 30.9 Å². The van der Waals surface area contributed by atoms with E-state index in [9.17, 15) is 0 Å². The highest BCUT2D eigenvalue weighted by Crippen LogP contribution is 2.23. The summed E-state index contributed by atoms with van der Waals surface area (Å²) in [7, 11) is 0. The summed E-state index contributed by atoms with van der Waals surface area (Å²) >= 11 is 0. The first-order valence-corrected chi connectivity index (χ1v) is 6.31. The van der Waals surface area contributed by atoms with Crippen molar-refractivity contribution in [1.29, 1.82) is 0 Å². The highest BCUT2D eigenvalue weighted by atomic mass is 16.5. The molecule has 1 aromatic carbocycles. The fourth-order valence-corrected chi connectivity index (χ4v) is 1.62. The molecule has 0 saturated heterocycles. The van der Waals surface area contributed by atoms with Crippen LogP contribution in [0.3, 0.4) is 0 Å². The van der Waals surface area contributed by atoms with Gasteiger partial charge in [0.25, 0.3) is 0 Å². The zero-order chi connectivity index (χ0) is 12.7. The highest BCUT2D eigenvalue weighted by Gasteiger charge is 2.04. The maximum atomic E-state index is 5.81. The lowest BCUT2D eigenvalue weighted by Gasteiger charge is -2.12. The molecule has 17 heavy (non-hydrogen) atoms. The van der Waals surface area contributed by atoms with E-state index in [1.807, 2.05) is 6.08 Å². The van der Waals surface area contributed by atoms with Gasteiger partial charge in [0.1, 0.15) is 18.9 Å². The molecule has 0 saturated carbocycles. The van der Waals surface area contributed by atoms with Gasteiger partial charge in [-0.3, -0.25) is 0 Å². The minimum Gasteiger partial charge on any atom is -0.487 e. The SMILES string of the molecule is C=CC[NH2+]CCOc1cc(C(C)C)ccc1C. The molecule has 0 atom stereocenters. The van der Waals surface area contributed by atoms with E-state index in [1.54, 1.807) is 0 Å². The Kier molecular flexibility index (Phi) is 5.78. The summed E-state index contributed by atoms with van der Waals surface area (Å²) < 4.78 is 5.81. The van der Waals surface area contributed by atoms with E-state index in [2.05, 4.69) is 50.9 Å². The van der Waals surface area contributed by atoms with Gasteiger partial charge < -0.3 is 10.1 Å². The van der Waals surface area contributed by atoms with Gasteiger partial charge in [-0.2, -0.15) is 0 Å². The maximum absolute atomic E-state index is 5.81.